The molecule has 0 aromatic heterocycles. The molecule has 2 aliphatic heterocycles. The van der Waals surface area contributed by atoms with Crippen LogP contribution in [0.15, 0.2) is 11.1 Å². The molecule has 1 fully saturated rings. The van der Waals surface area contributed by atoms with E-state index in [4.69, 9.17) is 0 Å². The Kier molecular flexibility index (Phi) is 1.57. The summed E-state index contributed by atoms with van der Waals surface area (Å²) in [6.45, 7) is 4.60. The van der Waals surface area contributed by atoms with Crippen LogP contribution < -0.4 is 0 Å². The predicted molar refractivity (Wildman–Crippen MR) is 47.6 cm³/mol. The summed E-state index contributed by atoms with van der Waals surface area (Å²) in [7, 11) is 2.28. The van der Waals surface area contributed by atoms with Crippen LogP contribution in [0.5, 0.6) is 0 Å². The van der Waals surface area contributed by atoms with E-state index in [-0.39, 0.29) is 0 Å². The molecular formula is C10H17N. The van der Waals surface area contributed by atoms with Crippen LogP contribution in [0.3, 0.4) is 0 Å². The number of hydrogen-bond donors (Lipinski definition) is 0. The van der Waals surface area contributed by atoms with Crippen molar-refractivity contribution in [3.63, 3.8) is 0 Å². The summed E-state index contributed by atoms with van der Waals surface area (Å²) >= 11 is 0. The molecular weight excluding hydrogens is 134 g/mol. The molecule has 0 spiro atoms. The number of hydrogen-bond acceptors (Lipinski definition) is 1. The van der Waals surface area contributed by atoms with Gasteiger partial charge in [0.1, 0.15) is 0 Å². The van der Waals surface area contributed by atoms with Gasteiger partial charge >= 0.3 is 0 Å². The molecule has 2 bridgehead atoms. The molecule has 0 saturated carbocycles. The van der Waals surface area contributed by atoms with Crippen LogP contribution in [-0.2, 0) is 0 Å². The van der Waals surface area contributed by atoms with Gasteiger partial charge in [-0.1, -0.05) is 11.1 Å². The Bertz CT molecular complexity index is 205. The molecule has 0 radical (unpaired) electrons. The van der Waals surface area contributed by atoms with E-state index in [1.165, 1.54) is 19.3 Å². The SMILES string of the molecule is CC1=C(C)[C@H]2CC[C@@H](C1)N2C. The Morgan fingerprint density at radius 2 is 2.00 bits per heavy atom. The van der Waals surface area contributed by atoms with Crippen molar-refractivity contribution in [1.82, 2.24) is 4.90 Å². The topological polar surface area (TPSA) is 3.24 Å². The fourth-order valence-electron chi connectivity index (χ4n) is 2.58. The summed E-state index contributed by atoms with van der Waals surface area (Å²) in [5.41, 5.74) is 3.29. The third kappa shape index (κ3) is 0.943. The standard InChI is InChI=1S/C10H17N/c1-7-6-9-4-5-10(8(7)2)11(9)3/h9-10H,4-6H2,1-3H3/t9-,10+/m0/s1. The van der Waals surface area contributed by atoms with Gasteiger partial charge in [-0.3, -0.25) is 4.90 Å². The third-order valence-electron chi connectivity index (χ3n) is 3.56. The maximum absolute atomic E-state index is 2.56. The Morgan fingerprint density at radius 3 is 2.73 bits per heavy atom. The second kappa shape index (κ2) is 2.34. The Hall–Kier alpha value is -0.300. The monoisotopic (exact) mass is 151 g/mol. The van der Waals surface area contributed by atoms with Crippen molar-refractivity contribution in [2.24, 2.45) is 0 Å². The highest BCUT2D eigenvalue weighted by Gasteiger charge is 2.35. The van der Waals surface area contributed by atoms with Gasteiger partial charge < -0.3 is 0 Å². The highest BCUT2D eigenvalue weighted by molar-refractivity contribution is 5.24. The van der Waals surface area contributed by atoms with Crippen molar-refractivity contribution in [2.45, 2.75) is 45.2 Å². The van der Waals surface area contributed by atoms with Crippen molar-refractivity contribution in [1.29, 1.82) is 0 Å². The summed E-state index contributed by atoms with van der Waals surface area (Å²) in [4.78, 5) is 2.56. The number of fused-ring (bicyclic) bond motifs is 2. The number of rotatable bonds is 0. The van der Waals surface area contributed by atoms with Gasteiger partial charge in [-0.05, 0) is 40.2 Å². The van der Waals surface area contributed by atoms with Gasteiger partial charge in [0.05, 0.1) is 0 Å². The van der Waals surface area contributed by atoms with Crippen LogP contribution in [0.4, 0.5) is 0 Å². The molecule has 1 nitrogen and oxygen atoms in total. The van der Waals surface area contributed by atoms with Gasteiger partial charge in [0.25, 0.3) is 0 Å². The van der Waals surface area contributed by atoms with Gasteiger partial charge in [0.2, 0.25) is 0 Å². The molecule has 0 N–H and O–H groups in total. The molecule has 0 aliphatic carbocycles. The lowest BCUT2D eigenvalue weighted by Gasteiger charge is -2.32. The Balaban J connectivity index is 2.32. The van der Waals surface area contributed by atoms with E-state index in [1.54, 1.807) is 11.1 Å². The molecule has 62 valence electrons. The smallest absolute Gasteiger partial charge is 0.0307 e. The molecule has 0 unspecified atom stereocenters. The first-order chi connectivity index (χ1) is 5.20. The van der Waals surface area contributed by atoms with E-state index in [1.807, 2.05) is 0 Å². The average molecular weight is 151 g/mol. The fourth-order valence-corrected chi connectivity index (χ4v) is 2.58. The molecule has 0 aromatic rings. The molecule has 2 aliphatic rings. The summed E-state index contributed by atoms with van der Waals surface area (Å²) in [6.07, 6.45) is 4.12. The molecule has 1 saturated heterocycles. The maximum Gasteiger partial charge on any atom is 0.0307 e. The van der Waals surface area contributed by atoms with E-state index < -0.39 is 0 Å². The predicted octanol–water partition coefficient (Wildman–Crippen LogP) is 2.19. The van der Waals surface area contributed by atoms with Crippen LogP contribution >= 0.6 is 0 Å². The third-order valence-corrected chi connectivity index (χ3v) is 3.56. The Labute approximate surface area is 69.1 Å². The van der Waals surface area contributed by atoms with Gasteiger partial charge in [0, 0.05) is 12.1 Å². The van der Waals surface area contributed by atoms with Crippen LogP contribution in [-0.4, -0.2) is 24.0 Å². The summed E-state index contributed by atoms with van der Waals surface area (Å²) in [5, 5.41) is 0. The molecule has 0 amide bonds. The molecule has 11 heavy (non-hydrogen) atoms. The molecule has 1 heteroatoms. The van der Waals surface area contributed by atoms with Gasteiger partial charge in [-0.2, -0.15) is 0 Å². The van der Waals surface area contributed by atoms with Gasteiger partial charge in [0.15, 0.2) is 0 Å². The van der Waals surface area contributed by atoms with E-state index in [0.29, 0.717) is 0 Å². The second-order valence-electron chi connectivity index (χ2n) is 4.08. The minimum Gasteiger partial charge on any atom is -0.296 e. The molecule has 2 rings (SSSR count). The highest BCUT2D eigenvalue weighted by Crippen LogP contribution is 2.37. The number of likely N-dealkylation sites (N-methyl/N-ethyl adjacent to an activating group) is 1. The minimum atomic E-state index is 0.786. The summed E-state index contributed by atoms with van der Waals surface area (Å²) in [6, 6.07) is 1.65. The van der Waals surface area contributed by atoms with E-state index in [9.17, 15) is 0 Å². The highest BCUT2D eigenvalue weighted by atomic mass is 15.2. The van der Waals surface area contributed by atoms with E-state index in [0.717, 1.165) is 12.1 Å². The van der Waals surface area contributed by atoms with Crippen LogP contribution in [0.25, 0.3) is 0 Å². The number of nitrogens with zero attached hydrogens (tertiary/aromatic N) is 1. The minimum absolute atomic E-state index is 0.786. The van der Waals surface area contributed by atoms with Crippen molar-refractivity contribution < 1.29 is 0 Å². The maximum atomic E-state index is 2.56. The molecule has 0 aromatic carbocycles. The first-order valence-electron chi connectivity index (χ1n) is 4.58. The van der Waals surface area contributed by atoms with Crippen molar-refractivity contribution in [2.75, 3.05) is 7.05 Å². The molecule has 2 atom stereocenters. The lowest BCUT2D eigenvalue weighted by atomic mass is 9.96. The zero-order chi connectivity index (χ0) is 8.01. The van der Waals surface area contributed by atoms with Crippen molar-refractivity contribution >= 4 is 0 Å². The van der Waals surface area contributed by atoms with Crippen molar-refractivity contribution in [3.8, 4) is 0 Å². The van der Waals surface area contributed by atoms with E-state index >= 15 is 0 Å². The average Bonchev–Trinajstić information content (AvgIpc) is 2.23. The van der Waals surface area contributed by atoms with Crippen molar-refractivity contribution in [3.05, 3.63) is 11.1 Å². The summed E-state index contributed by atoms with van der Waals surface area (Å²) in [5.74, 6) is 0. The first-order valence-corrected chi connectivity index (χ1v) is 4.58. The largest absolute Gasteiger partial charge is 0.296 e. The van der Waals surface area contributed by atoms with E-state index in [2.05, 4.69) is 25.8 Å². The fraction of sp³-hybridized carbons (Fsp3) is 0.800. The lowest BCUT2D eigenvalue weighted by molar-refractivity contribution is 0.244. The first kappa shape index (κ1) is 7.35. The normalized spacial score (nSPS) is 38.5. The van der Waals surface area contributed by atoms with Crippen LogP contribution in [0, 0.1) is 0 Å². The lowest BCUT2D eigenvalue weighted by Crippen LogP contribution is -2.37. The Morgan fingerprint density at radius 1 is 1.27 bits per heavy atom. The van der Waals surface area contributed by atoms with Crippen LogP contribution in [0.1, 0.15) is 33.1 Å². The summed E-state index contributed by atoms with van der Waals surface area (Å²) < 4.78 is 0. The molecule has 2 heterocycles. The zero-order valence-electron chi connectivity index (χ0n) is 7.72. The van der Waals surface area contributed by atoms with Crippen LogP contribution in [0.2, 0.25) is 0 Å². The second-order valence-corrected chi connectivity index (χ2v) is 4.08. The van der Waals surface area contributed by atoms with Gasteiger partial charge in [-0.25, -0.2) is 0 Å². The zero-order valence-corrected chi connectivity index (χ0v) is 7.72. The quantitative estimate of drug-likeness (QED) is 0.480. The van der Waals surface area contributed by atoms with Gasteiger partial charge in [-0.15, -0.1) is 0 Å².